The van der Waals surface area contributed by atoms with E-state index in [0.717, 1.165) is 44.7 Å². The van der Waals surface area contributed by atoms with E-state index in [1.54, 1.807) is 0 Å². The number of anilines is 1. The molecule has 1 aromatic carbocycles. The van der Waals surface area contributed by atoms with Crippen molar-refractivity contribution >= 4 is 22.5 Å². The van der Waals surface area contributed by atoms with Crippen LogP contribution in [0.15, 0.2) is 30.5 Å². The summed E-state index contributed by atoms with van der Waals surface area (Å²) in [7, 11) is 4.18. The molecule has 26 heavy (non-hydrogen) atoms. The van der Waals surface area contributed by atoms with Crippen molar-refractivity contribution in [2.75, 3.05) is 39.0 Å². The predicted molar refractivity (Wildman–Crippen MR) is 106 cm³/mol. The number of benzene rings is 1. The number of nitrogens with one attached hydrogen (secondary N) is 2. The zero-order chi connectivity index (χ0) is 18.1. The molecule has 0 unspecified atom stereocenters. The van der Waals surface area contributed by atoms with E-state index < -0.39 is 0 Å². The van der Waals surface area contributed by atoms with E-state index in [-0.39, 0.29) is 11.3 Å². The minimum absolute atomic E-state index is 0.206. The first-order valence-electron chi connectivity index (χ1n) is 9.84. The van der Waals surface area contributed by atoms with Crippen LogP contribution in [0.25, 0.3) is 10.9 Å². The van der Waals surface area contributed by atoms with Crippen LogP contribution in [0.3, 0.4) is 0 Å². The number of carbonyl (C=O) groups is 1. The molecule has 1 amide bonds. The number of amides is 1. The molecule has 4 rings (SSSR count). The molecular weight excluding hydrogens is 324 g/mol. The zero-order valence-corrected chi connectivity index (χ0v) is 15.9. The summed E-state index contributed by atoms with van der Waals surface area (Å²) in [6.45, 7) is 3.76. The molecule has 1 aliphatic heterocycles. The Morgan fingerprint density at radius 2 is 2.23 bits per heavy atom. The highest BCUT2D eigenvalue weighted by Crippen LogP contribution is 2.44. The first kappa shape index (κ1) is 17.6. The summed E-state index contributed by atoms with van der Waals surface area (Å²) in [4.78, 5) is 15.4. The number of carbonyl (C=O) groups excluding carboxylic acids is 1. The van der Waals surface area contributed by atoms with Crippen LogP contribution in [0.4, 0.5) is 5.69 Å². The maximum Gasteiger partial charge on any atom is 0.232 e. The standard InChI is InChI=1S/C21H30N4O/c1-24(2)11-12-25-10-8-16-6-7-18(13-19(16)25)23-20(26)21-9-4-3-5-17(21)14-22-15-21/h6-8,10,13,17,22H,3-5,9,11-12,14-15H2,1-2H3,(H,23,26)/t17-,21+/m0/s1. The lowest BCUT2D eigenvalue weighted by Gasteiger charge is -2.37. The number of rotatable bonds is 5. The minimum atomic E-state index is -0.208. The highest BCUT2D eigenvalue weighted by atomic mass is 16.2. The molecule has 1 aromatic heterocycles. The van der Waals surface area contributed by atoms with E-state index in [1.165, 1.54) is 23.7 Å². The van der Waals surface area contributed by atoms with E-state index in [0.29, 0.717) is 5.92 Å². The molecule has 0 bridgehead atoms. The van der Waals surface area contributed by atoms with Gasteiger partial charge in [-0.2, -0.15) is 0 Å². The van der Waals surface area contributed by atoms with Gasteiger partial charge in [-0.3, -0.25) is 4.79 Å². The lowest BCUT2D eigenvalue weighted by atomic mass is 9.67. The van der Waals surface area contributed by atoms with Crippen molar-refractivity contribution in [3.8, 4) is 0 Å². The van der Waals surface area contributed by atoms with Crippen molar-refractivity contribution in [3.63, 3.8) is 0 Å². The molecule has 2 atom stereocenters. The lowest BCUT2D eigenvalue weighted by molar-refractivity contribution is -0.128. The fraction of sp³-hybridized carbons (Fsp3) is 0.571. The largest absolute Gasteiger partial charge is 0.346 e. The number of fused-ring (bicyclic) bond motifs is 2. The van der Waals surface area contributed by atoms with Crippen LogP contribution < -0.4 is 10.6 Å². The third-order valence-electron chi connectivity index (χ3n) is 6.31. The van der Waals surface area contributed by atoms with Crippen LogP contribution in [0.5, 0.6) is 0 Å². The fourth-order valence-corrected chi connectivity index (χ4v) is 4.71. The maximum atomic E-state index is 13.2. The Kier molecular flexibility index (Phi) is 4.76. The molecule has 5 heteroatoms. The van der Waals surface area contributed by atoms with Gasteiger partial charge in [0.15, 0.2) is 0 Å². The van der Waals surface area contributed by atoms with Gasteiger partial charge in [-0.05, 0) is 63.0 Å². The van der Waals surface area contributed by atoms with Crippen molar-refractivity contribution in [1.82, 2.24) is 14.8 Å². The van der Waals surface area contributed by atoms with Crippen LogP contribution in [0.1, 0.15) is 25.7 Å². The van der Waals surface area contributed by atoms with Gasteiger partial charge < -0.3 is 20.1 Å². The molecule has 140 valence electrons. The summed E-state index contributed by atoms with van der Waals surface area (Å²) in [5.41, 5.74) is 1.89. The zero-order valence-electron chi connectivity index (χ0n) is 15.9. The molecule has 0 radical (unpaired) electrons. The third-order valence-corrected chi connectivity index (χ3v) is 6.31. The average Bonchev–Trinajstić information content (AvgIpc) is 3.24. The SMILES string of the molecule is CN(C)CCn1ccc2ccc(NC(=O)[C@@]34CCCC[C@H]3CNC4)cc21. The molecule has 2 aliphatic rings. The van der Waals surface area contributed by atoms with Gasteiger partial charge >= 0.3 is 0 Å². The van der Waals surface area contributed by atoms with Gasteiger partial charge in [0.05, 0.1) is 10.9 Å². The van der Waals surface area contributed by atoms with E-state index in [4.69, 9.17) is 0 Å². The molecule has 1 aliphatic carbocycles. The van der Waals surface area contributed by atoms with Gasteiger partial charge in [0.1, 0.15) is 0 Å². The van der Waals surface area contributed by atoms with Gasteiger partial charge in [0, 0.05) is 31.5 Å². The lowest BCUT2D eigenvalue weighted by Crippen LogP contribution is -2.44. The summed E-state index contributed by atoms with van der Waals surface area (Å²) in [5.74, 6) is 0.696. The van der Waals surface area contributed by atoms with Crippen LogP contribution in [-0.2, 0) is 11.3 Å². The van der Waals surface area contributed by atoms with E-state index in [2.05, 4.69) is 58.6 Å². The quantitative estimate of drug-likeness (QED) is 0.868. The Hall–Kier alpha value is -1.85. The first-order valence-corrected chi connectivity index (χ1v) is 9.84. The van der Waals surface area contributed by atoms with Crippen LogP contribution in [-0.4, -0.2) is 49.1 Å². The summed E-state index contributed by atoms with van der Waals surface area (Å²) < 4.78 is 2.27. The second-order valence-corrected chi connectivity index (χ2v) is 8.27. The highest BCUT2D eigenvalue weighted by molar-refractivity contribution is 5.98. The van der Waals surface area contributed by atoms with Crippen molar-refractivity contribution in [1.29, 1.82) is 0 Å². The summed E-state index contributed by atoms with van der Waals surface area (Å²) in [6.07, 6.45) is 6.74. The van der Waals surface area contributed by atoms with Crippen molar-refractivity contribution < 1.29 is 4.79 Å². The Morgan fingerprint density at radius 3 is 3.08 bits per heavy atom. The number of nitrogens with zero attached hydrogens (tertiary/aromatic N) is 2. The maximum absolute atomic E-state index is 13.2. The Balaban J connectivity index is 1.55. The van der Waals surface area contributed by atoms with Gasteiger partial charge in [-0.25, -0.2) is 0 Å². The second kappa shape index (κ2) is 7.05. The summed E-state index contributed by atoms with van der Waals surface area (Å²) in [5, 5.41) is 7.93. The molecular formula is C21H30N4O. The molecule has 2 N–H and O–H groups in total. The van der Waals surface area contributed by atoms with E-state index in [9.17, 15) is 4.79 Å². The monoisotopic (exact) mass is 354 g/mol. The minimum Gasteiger partial charge on any atom is -0.346 e. The number of hydrogen-bond donors (Lipinski definition) is 2. The average molecular weight is 354 g/mol. The highest BCUT2D eigenvalue weighted by Gasteiger charge is 2.49. The van der Waals surface area contributed by atoms with Crippen molar-refractivity contribution in [2.24, 2.45) is 11.3 Å². The predicted octanol–water partition coefficient (Wildman–Crippen LogP) is 2.92. The number of hydrogen-bond acceptors (Lipinski definition) is 3. The Bertz CT molecular complexity index is 796. The second-order valence-electron chi connectivity index (χ2n) is 8.27. The van der Waals surface area contributed by atoms with E-state index >= 15 is 0 Å². The van der Waals surface area contributed by atoms with Crippen molar-refractivity contribution in [2.45, 2.75) is 32.2 Å². The smallest absolute Gasteiger partial charge is 0.232 e. The van der Waals surface area contributed by atoms with Gasteiger partial charge in [0.25, 0.3) is 0 Å². The fourth-order valence-electron chi connectivity index (χ4n) is 4.71. The molecule has 1 saturated heterocycles. The summed E-state index contributed by atoms with van der Waals surface area (Å²) in [6, 6.07) is 8.42. The number of likely N-dealkylation sites (N-methyl/N-ethyl adjacent to an activating group) is 1. The summed E-state index contributed by atoms with van der Waals surface area (Å²) >= 11 is 0. The first-order chi connectivity index (χ1) is 12.6. The normalized spacial score (nSPS) is 25.6. The topological polar surface area (TPSA) is 49.3 Å². The Morgan fingerprint density at radius 1 is 1.35 bits per heavy atom. The van der Waals surface area contributed by atoms with Crippen LogP contribution in [0, 0.1) is 11.3 Å². The third kappa shape index (κ3) is 3.14. The molecule has 1 saturated carbocycles. The van der Waals surface area contributed by atoms with Gasteiger partial charge in [-0.1, -0.05) is 18.9 Å². The Labute approximate surface area is 155 Å². The van der Waals surface area contributed by atoms with Gasteiger partial charge in [0.2, 0.25) is 5.91 Å². The van der Waals surface area contributed by atoms with E-state index in [1.807, 2.05) is 6.07 Å². The van der Waals surface area contributed by atoms with Crippen LogP contribution >= 0.6 is 0 Å². The molecule has 2 fully saturated rings. The van der Waals surface area contributed by atoms with Crippen LogP contribution in [0.2, 0.25) is 0 Å². The molecule has 2 aromatic rings. The van der Waals surface area contributed by atoms with Gasteiger partial charge in [-0.15, -0.1) is 0 Å². The van der Waals surface area contributed by atoms with Crippen molar-refractivity contribution in [3.05, 3.63) is 30.5 Å². The molecule has 2 heterocycles. The molecule has 5 nitrogen and oxygen atoms in total. The number of aromatic nitrogens is 1. The molecule has 0 spiro atoms.